The lowest BCUT2D eigenvalue weighted by atomic mass is 10.1. The average molecular weight is 338 g/mol. The molecule has 130 valence electrons. The molecule has 0 aliphatic rings. The van der Waals surface area contributed by atoms with Crippen molar-refractivity contribution >= 4 is 16.8 Å². The Morgan fingerprint density at radius 3 is 2.68 bits per heavy atom. The monoisotopic (exact) mass is 338 g/mol. The van der Waals surface area contributed by atoms with Gasteiger partial charge in [0.25, 0.3) is 5.56 Å². The molecule has 3 aromatic rings. The minimum Gasteiger partial charge on any atom is -0.467 e. The van der Waals surface area contributed by atoms with Gasteiger partial charge in [0.15, 0.2) is 0 Å². The average Bonchev–Trinajstić information content (AvgIpc) is 3.08. The number of fused-ring (bicyclic) bond motifs is 1. The minimum atomic E-state index is -0.159. The number of hydrogen-bond acceptors (Lipinski definition) is 3. The first-order chi connectivity index (χ1) is 12.0. The number of nitrogens with zero attached hydrogens (tertiary/aromatic N) is 1. The lowest BCUT2D eigenvalue weighted by Crippen LogP contribution is -2.31. The number of H-pyrrole nitrogens is 1. The van der Waals surface area contributed by atoms with Gasteiger partial charge in [-0.3, -0.25) is 9.59 Å². The number of nitrogens with one attached hydrogen (secondary N) is 1. The predicted molar refractivity (Wildman–Crippen MR) is 97.3 cm³/mol. The Kier molecular flexibility index (Phi) is 4.74. The molecule has 2 heterocycles. The lowest BCUT2D eigenvalue weighted by molar-refractivity contribution is -0.132. The molecule has 0 fully saturated rings. The maximum atomic E-state index is 12.5. The first-order valence-electron chi connectivity index (χ1n) is 8.41. The molecule has 0 spiro atoms. The highest BCUT2D eigenvalue weighted by atomic mass is 16.3. The van der Waals surface area contributed by atoms with Crippen LogP contribution >= 0.6 is 0 Å². The number of pyridine rings is 1. The van der Waals surface area contributed by atoms with Gasteiger partial charge in [0.2, 0.25) is 5.91 Å². The van der Waals surface area contributed by atoms with Crippen molar-refractivity contribution in [2.24, 2.45) is 0 Å². The molecule has 0 bridgehead atoms. The Morgan fingerprint density at radius 2 is 2.00 bits per heavy atom. The predicted octanol–water partition coefficient (Wildman–Crippen LogP) is 3.68. The summed E-state index contributed by atoms with van der Waals surface area (Å²) in [7, 11) is 0. The first kappa shape index (κ1) is 17.0. The molecule has 0 aliphatic heterocycles. The number of aromatic nitrogens is 1. The van der Waals surface area contributed by atoms with Crippen molar-refractivity contribution in [1.82, 2.24) is 9.88 Å². The van der Waals surface area contributed by atoms with E-state index in [9.17, 15) is 9.59 Å². The summed E-state index contributed by atoms with van der Waals surface area (Å²) in [5.74, 6) is 0.682. The zero-order chi connectivity index (χ0) is 18.0. The molecule has 0 radical (unpaired) electrons. The third-order valence-corrected chi connectivity index (χ3v) is 4.31. The van der Waals surface area contributed by atoms with Crippen LogP contribution in [0.25, 0.3) is 10.9 Å². The fourth-order valence-corrected chi connectivity index (χ4v) is 3.10. The van der Waals surface area contributed by atoms with Crippen LogP contribution in [-0.4, -0.2) is 15.8 Å². The fourth-order valence-electron chi connectivity index (χ4n) is 3.10. The smallest absolute Gasteiger partial charge is 0.253 e. The Balaban J connectivity index is 1.97. The lowest BCUT2D eigenvalue weighted by Gasteiger charge is -2.21. The van der Waals surface area contributed by atoms with Crippen molar-refractivity contribution in [3.8, 4) is 0 Å². The van der Waals surface area contributed by atoms with Gasteiger partial charge < -0.3 is 14.3 Å². The van der Waals surface area contributed by atoms with Crippen LogP contribution < -0.4 is 5.56 Å². The van der Waals surface area contributed by atoms with Gasteiger partial charge in [0, 0.05) is 12.0 Å². The summed E-state index contributed by atoms with van der Waals surface area (Å²) in [6.45, 7) is 6.43. The summed E-state index contributed by atoms with van der Waals surface area (Å²) in [5.41, 5.74) is 3.44. The largest absolute Gasteiger partial charge is 0.467 e. The Hall–Kier alpha value is -2.82. The molecule has 5 nitrogen and oxygen atoms in total. The molecule has 2 aromatic heterocycles. The summed E-state index contributed by atoms with van der Waals surface area (Å²) in [5, 5.41) is 0.981. The molecule has 0 saturated heterocycles. The van der Waals surface area contributed by atoms with E-state index in [-0.39, 0.29) is 18.0 Å². The second-order valence-electron chi connectivity index (χ2n) is 6.35. The van der Waals surface area contributed by atoms with E-state index in [0.717, 1.165) is 22.0 Å². The maximum Gasteiger partial charge on any atom is 0.253 e. The van der Waals surface area contributed by atoms with E-state index in [4.69, 9.17) is 4.42 Å². The van der Waals surface area contributed by atoms with E-state index in [1.165, 1.54) is 0 Å². The molecule has 1 N–H and O–H groups in total. The normalized spacial score (nSPS) is 11.0. The van der Waals surface area contributed by atoms with Gasteiger partial charge in [-0.25, -0.2) is 0 Å². The maximum absolute atomic E-state index is 12.5. The molecule has 0 unspecified atom stereocenters. The van der Waals surface area contributed by atoms with Crippen molar-refractivity contribution in [3.63, 3.8) is 0 Å². The second kappa shape index (κ2) is 6.97. The summed E-state index contributed by atoms with van der Waals surface area (Å²) in [6.07, 6.45) is 1.96. The number of carbonyl (C=O) groups excluding carboxylic acids is 1. The molecule has 0 atom stereocenters. The van der Waals surface area contributed by atoms with E-state index in [2.05, 4.69) is 4.98 Å². The van der Waals surface area contributed by atoms with E-state index in [1.807, 2.05) is 45.0 Å². The van der Waals surface area contributed by atoms with E-state index >= 15 is 0 Å². The molecule has 0 aliphatic carbocycles. The molecule has 3 rings (SSSR count). The van der Waals surface area contributed by atoms with Crippen molar-refractivity contribution in [2.75, 3.05) is 0 Å². The van der Waals surface area contributed by atoms with Crippen molar-refractivity contribution < 1.29 is 9.21 Å². The van der Waals surface area contributed by atoms with Gasteiger partial charge in [-0.05, 0) is 49.1 Å². The number of carbonyl (C=O) groups is 1. The summed E-state index contributed by atoms with van der Waals surface area (Å²) >= 11 is 0. The Bertz CT molecular complexity index is 955. The van der Waals surface area contributed by atoms with Gasteiger partial charge in [-0.15, -0.1) is 0 Å². The van der Waals surface area contributed by atoms with Crippen LogP contribution in [0.4, 0.5) is 0 Å². The van der Waals surface area contributed by atoms with Crippen molar-refractivity contribution in [3.05, 3.63) is 69.4 Å². The van der Waals surface area contributed by atoms with Gasteiger partial charge in [-0.2, -0.15) is 0 Å². The molecule has 1 aromatic carbocycles. The third-order valence-electron chi connectivity index (χ3n) is 4.31. The highest BCUT2D eigenvalue weighted by Crippen LogP contribution is 2.19. The van der Waals surface area contributed by atoms with E-state index in [1.54, 1.807) is 17.2 Å². The van der Waals surface area contributed by atoms with Crippen LogP contribution in [0, 0.1) is 13.8 Å². The number of aryl methyl sites for hydroxylation is 2. The highest BCUT2D eigenvalue weighted by molar-refractivity contribution is 5.83. The zero-order valence-electron chi connectivity index (χ0n) is 14.8. The summed E-state index contributed by atoms with van der Waals surface area (Å²) < 4.78 is 5.35. The molecular formula is C20H22N2O3. The minimum absolute atomic E-state index is 0.0173. The number of furan rings is 1. The number of hydrogen-bond donors (Lipinski definition) is 1. The van der Waals surface area contributed by atoms with Crippen LogP contribution in [0.5, 0.6) is 0 Å². The molecule has 5 heteroatoms. The standard InChI is InChI=1S/C20H22N2O3/c1-4-18(23)22(12-17-6-5-7-25-17)11-16-10-15-9-13(2)8-14(3)19(15)21-20(16)24/h5-10H,4,11-12H2,1-3H3,(H,21,24). The fraction of sp³-hybridized carbons (Fsp3) is 0.300. The van der Waals surface area contributed by atoms with Gasteiger partial charge in [0.05, 0.1) is 24.9 Å². The van der Waals surface area contributed by atoms with Crippen molar-refractivity contribution in [1.29, 1.82) is 0 Å². The second-order valence-corrected chi connectivity index (χ2v) is 6.35. The summed E-state index contributed by atoms with van der Waals surface area (Å²) in [4.78, 5) is 29.4. The topological polar surface area (TPSA) is 66.3 Å². The molecule has 1 amide bonds. The number of rotatable bonds is 5. The summed E-state index contributed by atoms with van der Waals surface area (Å²) in [6, 6.07) is 9.58. The van der Waals surface area contributed by atoms with E-state index in [0.29, 0.717) is 24.3 Å². The zero-order valence-corrected chi connectivity index (χ0v) is 14.8. The van der Waals surface area contributed by atoms with Gasteiger partial charge in [-0.1, -0.05) is 18.6 Å². The molecular weight excluding hydrogens is 316 g/mol. The highest BCUT2D eigenvalue weighted by Gasteiger charge is 2.16. The van der Waals surface area contributed by atoms with Crippen LogP contribution in [-0.2, 0) is 17.9 Å². The first-order valence-corrected chi connectivity index (χ1v) is 8.41. The van der Waals surface area contributed by atoms with Crippen LogP contribution in [0.15, 0.2) is 45.8 Å². The molecule has 0 saturated carbocycles. The van der Waals surface area contributed by atoms with Gasteiger partial charge in [0.1, 0.15) is 5.76 Å². The van der Waals surface area contributed by atoms with Gasteiger partial charge >= 0.3 is 0 Å². The number of aromatic amines is 1. The van der Waals surface area contributed by atoms with Crippen LogP contribution in [0.2, 0.25) is 0 Å². The van der Waals surface area contributed by atoms with E-state index < -0.39 is 0 Å². The van der Waals surface area contributed by atoms with Crippen molar-refractivity contribution in [2.45, 2.75) is 40.3 Å². The SMILES string of the molecule is CCC(=O)N(Cc1ccco1)Cc1cc2cc(C)cc(C)c2[nH]c1=O. The number of benzene rings is 1. The van der Waals surface area contributed by atoms with Crippen LogP contribution in [0.1, 0.15) is 35.8 Å². The Labute approximate surface area is 146 Å². The third kappa shape index (κ3) is 3.65. The van der Waals surface area contributed by atoms with Crippen LogP contribution in [0.3, 0.4) is 0 Å². The number of amides is 1. The Morgan fingerprint density at radius 1 is 1.20 bits per heavy atom. The quantitative estimate of drug-likeness (QED) is 0.772. The molecule has 25 heavy (non-hydrogen) atoms.